The monoisotopic (exact) mass is 259 g/mol. The Hall–Kier alpha value is -1.10. The Morgan fingerprint density at radius 2 is 1.53 bits per heavy atom. The van der Waals surface area contributed by atoms with Crippen LogP contribution in [0.15, 0.2) is 0 Å². The van der Waals surface area contributed by atoms with Crippen molar-refractivity contribution in [2.24, 2.45) is 0 Å². The summed E-state index contributed by atoms with van der Waals surface area (Å²) in [6.07, 6.45) is 4.13. The van der Waals surface area contributed by atoms with Crippen LogP contribution in [0.3, 0.4) is 0 Å². The van der Waals surface area contributed by atoms with Crippen LogP contribution in [0, 0.1) is 0 Å². The molecule has 0 atom stereocenters. The highest BCUT2D eigenvalue weighted by Gasteiger charge is 2.06. The Labute approximate surface area is 107 Å². The first-order valence-corrected chi connectivity index (χ1v) is 6.31. The molecule has 0 fully saturated rings. The minimum Gasteiger partial charge on any atom is -0.463 e. The molecule has 0 aromatic carbocycles. The van der Waals surface area contributed by atoms with Crippen molar-refractivity contribution in [1.82, 2.24) is 15.0 Å². The van der Waals surface area contributed by atoms with E-state index in [2.05, 4.69) is 21.9 Å². The number of ether oxygens (including phenoxy) is 2. The summed E-state index contributed by atoms with van der Waals surface area (Å²) in [6, 6.07) is 0.449. The number of hydrogen-bond donors (Lipinski definition) is 0. The SMILES string of the molecule is CCCCCOc1nc(Cl)nc(OCCC)n1. The lowest BCUT2D eigenvalue weighted by molar-refractivity contribution is 0.257. The molecule has 17 heavy (non-hydrogen) atoms. The van der Waals surface area contributed by atoms with Crippen LogP contribution in [0.1, 0.15) is 39.5 Å². The molecule has 1 heterocycles. The van der Waals surface area contributed by atoms with Crippen molar-refractivity contribution >= 4 is 11.6 Å². The lowest BCUT2D eigenvalue weighted by Gasteiger charge is -2.06. The van der Waals surface area contributed by atoms with Crippen molar-refractivity contribution in [1.29, 1.82) is 0 Å². The van der Waals surface area contributed by atoms with Crippen molar-refractivity contribution in [2.45, 2.75) is 39.5 Å². The van der Waals surface area contributed by atoms with Gasteiger partial charge in [0.1, 0.15) is 0 Å². The average Bonchev–Trinajstić information content (AvgIpc) is 2.31. The zero-order valence-corrected chi connectivity index (χ0v) is 11.0. The summed E-state index contributed by atoms with van der Waals surface area (Å²) >= 11 is 5.75. The molecule has 0 N–H and O–H groups in total. The Kier molecular flexibility index (Phi) is 6.62. The Balaban J connectivity index is 2.50. The molecule has 0 unspecified atom stereocenters. The lowest BCUT2D eigenvalue weighted by Crippen LogP contribution is -2.06. The molecule has 0 radical (unpaired) electrons. The van der Waals surface area contributed by atoms with Gasteiger partial charge in [0.25, 0.3) is 0 Å². The van der Waals surface area contributed by atoms with Crippen molar-refractivity contribution in [3.05, 3.63) is 5.28 Å². The molecule has 0 aliphatic heterocycles. The summed E-state index contributed by atoms with van der Waals surface area (Å²) in [6.45, 7) is 5.28. The first-order valence-electron chi connectivity index (χ1n) is 5.93. The Morgan fingerprint density at radius 3 is 2.12 bits per heavy atom. The van der Waals surface area contributed by atoms with Gasteiger partial charge < -0.3 is 9.47 Å². The van der Waals surface area contributed by atoms with Crippen LogP contribution in [0.5, 0.6) is 12.0 Å². The van der Waals surface area contributed by atoms with Crippen molar-refractivity contribution < 1.29 is 9.47 Å². The number of rotatable bonds is 8. The van der Waals surface area contributed by atoms with Gasteiger partial charge in [0.2, 0.25) is 5.28 Å². The quantitative estimate of drug-likeness (QED) is 0.672. The topological polar surface area (TPSA) is 57.1 Å². The number of nitrogens with zero attached hydrogens (tertiary/aromatic N) is 3. The third-order valence-corrected chi connectivity index (χ3v) is 2.15. The van der Waals surface area contributed by atoms with Gasteiger partial charge in [-0.1, -0.05) is 26.7 Å². The number of aromatic nitrogens is 3. The second kappa shape index (κ2) is 8.06. The summed E-state index contributed by atoms with van der Waals surface area (Å²) in [4.78, 5) is 11.8. The van der Waals surface area contributed by atoms with Crippen LogP contribution in [0.4, 0.5) is 0 Å². The van der Waals surface area contributed by atoms with Gasteiger partial charge in [0.05, 0.1) is 13.2 Å². The molecular formula is C11H18ClN3O2. The Bertz CT molecular complexity index is 336. The number of halogens is 1. The van der Waals surface area contributed by atoms with Crippen LogP contribution >= 0.6 is 11.6 Å². The van der Waals surface area contributed by atoms with E-state index in [1.807, 2.05) is 6.92 Å². The fourth-order valence-corrected chi connectivity index (χ4v) is 1.30. The van der Waals surface area contributed by atoms with E-state index < -0.39 is 0 Å². The molecule has 6 heteroatoms. The minimum atomic E-state index is 0.0941. The molecule has 1 aromatic heterocycles. The van der Waals surface area contributed by atoms with E-state index in [1.165, 1.54) is 0 Å². The summed E-state index contributed by atoms with van der Waals surface area (Å²) < 4.78 is 10.7. The molecule has 96 valence electrons. The summed E-state index contributed by atoms with van der Waals surface area (Å²) in [5, 5.41) is 0.0941. The van der Waals surface area contributed by atoms with Crippen LogP contribution in [-0.2, 0) is 0 Å². The first-order chi connectivity index (χ1) is 8.26. The van der Waals surface area contributed by atoms with Crippen LogP contribution < -0.4 is 9.47 Å². The highest BCUT2D eigenvalue weighted by Crippen LogP contribution is 2.13. The standard InChI is InChI=1S/C11H18ClN3O2/c1-3-5-6-8-17-11-14-9(12)13-10(15-11)16-7-4-2/h3-8H2,1-2H3. The predicted octanol–water partition coefficient (Wildman–Crippen LogP) is 2.88. The molecular weight excluding hydrogens is 242 g/mol. The van der Waals surface area contributed by atoms with E-state index in [9.17, 15) is 0 Å². The van der Waals surface area contributed by atoms with Crippen LogP contribution in [0.25, 0.3) is 0 Å². The van der Waals surface area contributed by atoms with Crippen molar-refractivity contribution in [3.8, 4) is 12.0 Å². The van der Waals surface area contributed by atoms with Gasteiger partial charge in [-0.05, 0) is 24.4 Å². The van der Waals surface area contributed by atoms with Gasteiger partial charge in [-0.2, -0.15) is 9.97 Å². The van der Waals surface area contributed by atoms with Gasteiger partial charge in [-0.15, -0.1) is 4.98 Å². The lowest BCUT2D eigenvalue weighted by atomic mass is 10.3. The maximum Gasteiger partial charge on any atom is 0.323 e. The van der Waals surface area contributed by atoms with Crippen molar-refractivity contribution in [2.75, 3.05) is 13.2 Å². The van der Waals surface area contributed by atoms with Gasteiger partial charge >= 0.3 is 12.0 Å². The third kappa shape index (κ3) is 5.68. The van der Waals surface area contributed by atoms with E-state index >= 15 is 0 Å². The molecule has 0 bridgehead atoms. The minimum absolute atomic E-state index is 0.0941. The molecule has 0 saturated carbocycles. The molecule has 1 aromatic rings. The van der Waals surface area contributed by atoms with Gasteiger partial charge in [-0.25, -0.2) is 0 Å². The summed E-state index contributed by atoms with van der Waals surface area (Å²) in [5.74, 6) is 0. The molecule has 5 nitrogen and oxygen atoms in total. The summed E-state index contributed by atoms with van der Waals surface area (Å²) in [7, 11) is 0. The predicted molar refractivity (Wildman–Crippen MR) is 65.6 cm³/mol. The second-order valence-corrected chi connectivity index (χ2v) is 3.91. The smallest absolute Gasteiger partial charge is 0.323 e. The van der Waals surface area contributed by atoms with E-state index in [-0.39, 0.29) is 17.3 Å². The molecule has 0 spiro atoms. The van der Waals surface area contributed by atoms with Gasteiger partial charge in [-0.3, -0.25) is 0 Å². The highest BCUT2D eigenvalue weighted by atomic mass is 35.5. The van der Waals surface area contributed by atoms with Crippen LogP contribution in [-0.4, -0.2) is 28.2 Å². The van der Waals surface area contributed by atoms with E-state index in [1.54, 1.807) is 0 Å². The maximum atomic E-state index is 5.75. The number of unbranched alkanes of at least 4 members (excludes halogenated alkanes) is 2. The molecule has 0 saturated heterocycles. The normalized spacial score (nSPS) is 10.3. The van der Waals surface area contributed by atoms with Gasteiger partial charge in [0, 0.05) is 0 Å². The zero-order chi connectivity index (χ0) is 12.5. The second-order valence-electron chi connectivity index (χ2n) is 3.57. The molecule has 0 amide bonds. The van der Waals surface area contributed by atoms with Gasteiger partial charge in [0.15, 0.2) is 0 Å². The van der Waals surface area contributed by atoms with Crippen LogP contribution in [0.2, 0.25) is 5.28 Å². The fraction of sp³-hybridized carbons (Fsp3) is 0.727. The van der Waals surface area contributed by atoms with Crippen molar-refractivity contribution in [3.63, 3.8) is 0 Å². The zero-order valence-electron chi connectivity index (χ0n) is 10.3. The first kappa shape index (κ1) is 14.0. The number of hydrogen-bond acceptors (Lipinski definition) is 5. The third-order valence-electron chi connectivity index (χ3n) is 1.98. The van der Waals surface area contributed by atoms with E-state index in [4.69, 9.17) is 21.1 Å². The molecule has 0 aliphatic carbocycles. The highest BCUT2D eigenvalue weighted by molar-refractivity contribution is 6.28. The average molecular weight is 260 g/mol. The molecule has 1 rings (SSSR count). The van der Waals surface area contributed by atoms with E-state index in [0.29, 0.717) is 13.2 Å². The van der Waals surface area contributed by atoms with E-state index in [0.717, 1.165) is 25.7 Å². The Morgan fingerprint density at radius 1 is 0.882 bits per heavy atom. The maximum absolute atomic E-state index is 5.75. The largest absolute Gasteiger partial charge is 0.463 e. The molecule has 0 aliphatic rings. The fourth-order valence-electron chi connectivity index (χ4n) is 1.15. The summed E-state index contributed by atoms with van der Waals surface area (Å²) in [5.41, 5.74) is 0.